The average Bonchev–Trinajstić information content (AvgIpc) is 2.44. The highest BCUT2D eigenvalue weighted by atomic mass is 127. The van der Waals surface area contributed by atoms with Gasteiger partial charge in [0.05, 0.1) is 13.7 Å². The molecule has 0 radical (unpaired) electrons. The van der Waals surface area contributed by atoms with E-state index in [1.54, 1.807) is 6.92 Å². The molecule has 1 aliphatic carbocycles. The summed E-state index contributed by atoms with van der Waals surface area (Å²) in [4.78, 5) is 23.4. The van der Waals surface area contributed by atoms with Crippen LogP contribution in [-0.4, -0.2) is 35.7 Å². The first-order valence-electron chi connectivity index (χ1n) is 6.75. The minimum atomic E-state index is -0.632. The Morgan fingerprint density at radius 3 is 2.47 bits per heavy atom. The van der Waals surface area contributed by atoms with Crippen LogP contribution in [0.1, 0.15) is 39.0 Å². The molecule has 5 nitrogen and oxygen atoms in total. The number of hydrogen-bond acceptors (Lipinski definition) is 4. The third kappa shape index (κ3) is 5.16. The van der Waals surface area contributed by atoms with Crippen LogP contribution in [-0.2, 0) is 14.3 Å². The normalized spacial score (nSPS) is 19.3. The number of ether oxygens (including phenoxy) is 2. The summed E-state index contributed by atoms with van der Waals surface area (Å²) in [7, 11) is 1.34. The lowest BCUT2D eigenvalue weighted by Gasteiger charge is -2.30. The summed E-state index contributed by atoms with van der Waals surface area (Å²) in [6.07, 6.45) is 5.29. The molecule has 1 aliphatic rings. The number of methoxy groups -OCH3 is 1. The number of alkyl halides is 1. The summed E-state index contributed by atoms with van der Waals surface area (Å²) < 4.78 is 9.67. The van der Waals surface area contributed by atoms with E-state index >= 15 is 0 Å². The molecule has 6 heteroatoms. The second-order valence-electron chi connectivity index (χ2n) is 4.71. The van der Waals surface area contributed by atoms with Crippen molar-refractivity contribution in [2.75, 3.05) is 13.7 Å². The Hall–Kier alpha value is -0.530. The van der Waals surface area contributed by atoms with E-state index in [1.165, 1.54) is 26.4 Å². The first kappa shape index (κ1) is 16.5. The third-order valence-corrected chi connectivity index (χ3v) is 5.16. The minimum Gasteiger partial charge on any atom is -0.467 e. The summed E-state index contributed by atoms with van der Waals surface area (Å²) in [6.45, 7) is 2.02. The third-order valence-electron chi connectivity index (χ3n) is 3.42. The lowest BCUT2D eigenvalue weighted by molar-refractivity contribution is -0.143. The molecule has 0 spiro atoms. The molecule has 19 heavy (non-hydrogen) atoms. The summed E-state index contributed by atoms with van der Waals surface area (Å²) in [6, 6.07) is -0.632. The highest BCUT2D eigenvalue weighted by molar-refractivity contribution is 14.1. The Kier molecular flexibility index (Phi) is 7.48. The topological polar surface area (TPSA) is 64.6 Å². The van der Waals surface area contributed by atoms with Crippen molar-refractivity contribution in [3.8, 4) is 0 Å². The van der Waals surface area contributed by atoms with E-state index in [0.29, 0.717) is 5.92 Å². The molecule has 1 N–H and O–H groups in total. The molecule has 0 aromatic carbocycles. The molecule has 110 valence electrons. The van der Waals surface area contributed by atoms with Gasteiger partial charge in [0.2, 0.25) is 0 Å². The fraction of sp³-hybridized carbons (Fsp3) is 0.846. The van der Waals surface area contributed by atoms with Gasteiger partial charge in [-0.3, -0.25) is 0 Å². The lowest BCUT2D eigenvalue weighted by atomic mass is 9.85. The molecule has 0 bridgehead atoms. The maximum atomic E-state index is 11.8. The predicted molar refractivity (Wildman–Crippen MR) is 80.3 cm³/mol. The summed E-state index contributed by atoms with van der Waals surface area (Å²) >= 11 is 2.25. The van der Waals surface area contributed by atoms with Crippen molar-refractivity contribution in [1.29, 1.82) is 0 Å². The standard InChI is InChI=1S/C13H22INO4/c1-3-19-13(17)15-11(12(16)18-2)10(14)9-7-5-4-6-8-9/h9-11H,3-8H2,1-2H3,(H,15,17)/t10-,11-/m0/s1. The zero-order valence-corrected chi connectivity index (χ0v) is 13.6. The molecular weight excluding hydrogens is 361 g/mol. The fourth-order valence-electron chi connectivity index (χ4n) is 2.42. The van der Waals surface area contributed by atoms with E-state index in [9.17, 15) is 9.59 Å². The Labute approximate surface area is 127 Å². The van der Waals surface area contributed by atoms with Crippen LogP contribution >= 0.6 is 22.6 Å². The predicted octanol–water partition coefficient (Wildman–Crippen LogP) is 2.66. The Morgan fingerprint density at radius 1 is 1.32 bits per heavy atom. The first-order valence-corrected chi connectivity index (χ1v) is 7.99. The zero-order valence-electron chi connectivity index (χ0n) is 11.5. The molecular formula is C13H22INO4. The molecule has 0 aromatic heterocycles. The van der Waals surface area contributed by atoms with Gasteiger partial charge in [-0.15, -0.1) is 0 Å². The lowest BCUT2D eigenvalue weighted by Crippen LogP contribution is -2.49. The quantitative estimate of drug-likeness (QED) is 0.451. The number of carbonyl (C=O) groups excluding carboxylic acids is 2. The second-order valence-corrected chi connectivity index (χ2v) is 6.15. The van der Waals surface area contributed by atoms with Crippen molar-refractivity contribution in [2.24, 2.45) is 5.92 Å². The molecule has 0 aromatic rings. The molecule has 0 unspecified atom stereocenters. The van der Waals surface area contributed by atoms with Gasteiger partial charge in [0, 0.05) is 3.92 Å². The van der Waals surface area contributed by atoms with E-state index < -0.39 is 18.1 Å². The second kappa shape index (κ2) is 8.60. The van der Waals surface area contributed by atoms with Gasteiger partial charge in [0.15, 0.2) is 0 Å². The van der Waals surface area contributed by atoms with E-state index in [0.717, 1.165) is 12.8 Å². The van der Waals surface area contributed by atoms with Crippen molar-refractivity contribution >= 4 is 34.7 Å². The first-order chi connectivity index (χ1) is 9.10. The van der Waals surface area contributed by atoms with Crippen LogP contribution in [0.5, 0.6) is 0 Å². The SMILES string of the molecule is CCOC(=O)N[C@H](C(=O)OC)[C@@H](I)C1CCCCC1. The van der Waals surface area contributed by atoms with Gasteiger partial charge in [0.25, 0.3) is 0 Å². The van der Waals surface area contributed by atoms with Gasteiger partial charge in [-0.05, 0) is 25.7 Å². The highest BCUT2D eigenvalue weighted by Crippen LogP contribution is 2.32. The molecule has 0 saturated heterocycles. The number of nitrogens with one attached hydrogen (secondary N) is 1. The van der Waals surface area contributed by atoms with Crippen LogP contribution in [0.4, 0.5) is 4.79 Å². The Morgan fingerprint density at radius 2 is 1.95 bits per heavy atom. The van der Waals surface area contributed by atoms with Crippen LogP contribution in [0.2, 0.25) is 0 Å². The molecule has 1 fully saturated rings. The Bertz CT molecular complexity index is 305. The smallest absolute Gasteiger partial charge is 0.407 e. The summed E-state index contributed by atoms with van der Waals surface area (Å²) in [5.41, 5.74) is 0. The number of halogens is 1. The monoisotopic (exact) mass is 383 g/mol. The van der Waals surface area contributed by atoms with Crippen LogP contribution in [0.3, 0.4) is 0 Å². The van der Waals surface area contributed by atoms with Crippen molar-refractivity contribution < 1.29 is 19.1 Å². The van der Waals surface area contributed by atoms with Gasteiger partial charge in [0.1, 0.15) is 6.04 Å². The largest absolute Gasteiger partial charge is 0.467 e. The maximum Gasteiger partial charge on any atom is 0.407 e. The van der Waals surface area contributed by atoms with Crippen molar-refractivity contribution in [3.63, 3.8) is 0 Å². The van der Waals surface area contributed by atoms with Crippen molar-refractivity contribution in [3.05, 3.63) is 0 Å². The molecule has 1 amide bonds. The van der Waals surface area contributed by atoms with Crippen molar-refractivity contribution in [1.82, 2.24) is 5.32 Å². The Balaban J connectivity index is 2.66. The maximum absolute atomic E-state index is 11.8. The molecule has 2 atom stereocenters. The zero-order chi connectivity index (χ0) is 14.3. The number of carbonyl (C=O) groups is 2. The number of hydrogen-bond donors (Lipinski definition) is 1. The van der Waals surface area contributed by atoms with E-state index in [4.69, 9.17) is 9.47 Å². The molecule has 1 saturated carbocycles. The number of alkyl carbamates (subject to hydrolysis) is 1. The number of amides is 1. The van der Waals surface area contributed by atoms with Gasteiger partial charge < -0.3 is 14.8 Å². The average molecular weight is 383 g/mol. The van der Waals surface area contributed by atoms with Crippen LogP contribution in [0.25, 0.3) is 0 Å². The molecule has 0 aliphatic heterocycles. The van der Waals surface area contributed by atoms with E-state index in [-0.39, 0.29) is 10.5 Å². The van der Waals surface area contributed by atoms with E-state index in [1.807, 2.05) is 0 Å². The van der Waals surface area contributed by atoms with E-state index in [2.05, 4.69) is 27.9 Å². The fourth-order valence-corrected chi connectivity index (χ4v) is 3.61. The minimum absolute atomic E-state index is 0.0368. The van der Waals surface area contributed by atoms with Crippen molar-refractivity contribution in [2.45, 2.75) is 49.0 Å². The highest BCUT2D eigenvalue weighted by Gasteiger charge is 2.35. The van der Waals surface area contributed by atoms with Gasteiger partial charge in [-0.2, -0.15) is 0 Å². The van der Waals surface area contributed by atoms with Crippen LogP contribution in [0, 0.1) is 5.92 Å². The molecule has 0 heterocycles. The summed E-state index contributed by atoms with van der Waals surface area (Å²) in [5, 5.41) is 2.62. The molecule has 1 rings (SSSR count). The van der Waals surface area contributed by atoms with Gasteiger partial charge in [-0.1, -0.05) is 41.9 Å². The number of esters is 1. The number of rotatable bonds is 5. The van der Waals surface area contributed by atoms with Gasteiger partial charge >= 0.3 is 12.1 Å². The van der Waals surface area contributed by atoms with Gasteiger partial charge in [-0.25, -0.2) is 9.59 Å². The van der Waals surface area contributed by atoms with Crippen LogP contribution < -0.4 is 5.32 Å². The summed E-state index contributed by atoms with van der Waals surface area (Å²) in [5.74, 6) is 0.0402. The van der Waals surface area contributed by atoms with Crippen LogP contribution in [0.15, 0.2) is 0 Å².